The van der Waals surface area contributed by atoms with E-state index in [1.54, 1.807) is 13.3 Å². The summed E-state index contributed by atoms with van der Waals surface area (Å²) in [5, 5.41) is 11.8. The van der Waals surface area contributed by atoms with Gasteiger partial charge in [0, 0.05) is 12.7 Å². The second-order valence-electron chi connectivity index (χ2n) is 6.24. The molecule has 0 unspecified atom stereocenters. The van der Waals surface area contributed by atoms with Gasteiger partial charge in [0.15, 0.2) is 0 Å². The van der Waals surface area contributed by atoms with Gasteiger partial charge in [0.1, 0.15) is 5.82 Å². The molecule has 0 saturated carbocycles. The molecule has 1 fully saturated rings. The summed E-state index contributed by atoms with van der Waals surface area (Å²) in [6.45, 7) is 9.00. The standard InChI is InChI=1S/C14H24BN3O4/c1-13(2)14(3,4)22-15(21-13)10-8-17-11(9-16-6-7-19)18-12(10)20-5/h8,16,19H,6-7,9H2,1-5H3. The number of aliphatic hydroxyl groups is 1. The van der Waals surface area contributed by atoms with Crippen LogP contribution in [-0.2, 0) is 15.9 Å². The Hall–Kier alpha value is -1.22. The molecule has 0 aliphatic carbocycles. The summed E-state index contributed by atoms with van der Waals surface area (Å²) in [5.74, 6) is 1.03. The number of aliphatic hydroxyl groups excluding tert-OH is 1. The number of hydrogen-bond donors (Lipinski definition) is 2. The van der Waals surface area contributed by atoms with Gasteiger partial charge in [0.2, 0.25) is 5.88 Å². The van der Waals surface area contributed by atoms with Gasteiger partial charge in [-0.15, -0.1) is 0 Å². The molecule has 2 heterocycles. The van der Waals surface area contributed by atoms with Gasteiger partial charge in [-0.2, -0.15) is 4.98 Å². The molecule has 0 bridgehead atoms. The first-order valence-electron chi connectivity index (χ1n) is 7.38. The molecule has 1 aliphatic heterocycles. The van der Waals surface area contributed by atoms with E-state index < -0.39 is 18.3 Å². The zero-order valence-corrected chi connectivity index (χ0v) is 13.8. The summed E-state index contributed by atoms with van der Waals surface area (Å²) in [6, 6.07) is 0. The van der Waals surface area contributed by atoms with Crippen molar-refractivity contribution in [3.8, 4) is 5.88 Å². The summed E-state index contributed by atoms with van der Waals surface area (Å²) >= 11 is 0. The summed E-state index contributed by atoms with van der Waals surface area (Å²) in [7, 11) is 1.00. The van der Waals surface area contributed by atoms with Crippen molar-refractivity contribution in [3.05, 3.63) is 12.0 Å². The zero-order chi connectivity index (χ0) is 16.4. The Balaban J connectivity index is 2.18. The third-order valence-corrected chi connectivity index (χ3v) is 4.10. The number of hydrogen-bond acceptors (Lipinski definition) is 7. The lowest BCUT2D eigenvalue weighted by Gasteiger charge is -2.32. The maximum Gasteiger partial charge on any atom is 0.502 e. The molecule has 0 amide bonds. The Morgan fingerprint density at radius 3 is 2.45 bits per heavy atom. The van der Waals surface area contributed by atoms with Crippen LogP contribution in [0.1, 0.15) is 33.5 Å². The quantitative estimate of drug-likeness (QED) is 0.559. The first kappa shape index (κ1) is 17.1. The minimum absolute atomic E-state index is 0.0726. The van der Waals surface area contributed by atoms with Crippen molar-refractivity contribution >= 4 is 12.6 Å². The smallest absolute Gasteiger partial charge is 0.481 e. The third-order valence-electron chi connectivity index (χ3n) is 4.10. The Labute approximate surface area is 131 Å². The first-order chi connectivity index (χ1) is 10.3. The van der Waals surface area contributed by atoms with Crippen LogP contribution in [0.4, 0.5) is 0 Å². The van der Waals surface area contributed by atoms with E-state index in [9.17, 15) is 0 Å². The molecule has 122 valence electrons. The fourth-order valence-electron chi connectivity index (χ4n) is 2.07. The maximum absolute atomic E-state index is 8.77. The molecule has 7 nitrogen and oxygen atoms in total. The van der Waals surface area contributed by atoms with Gasteiger partial charge in [0.25, 0.3) is 0 Å². The minimum atomic E-state index is -0.556. The molecule has 22 heavy (non-hydrogen) atoms. The summed E-state index contributed by atoms with van der Waals surface area (Å²) in [5.41, 5.74) is -0.180. The molecule has 0 aromatic carbocycles. The van der Waals surface area contributed by atoms with Gasteiger partial charge in [-0.25, -0.2) is 4.98 Å². The van der Waals surface area contributed by atoms with E-state index in [2.05, 4.69) is 15.3 Å². The van der Waals surface area contributed by atoms with Crippen LogP contribution in [-0.4, -0.2) is 53.7 Å². The molecule has 8 heteroatoms. The van der Waals surface area contributed by atoms with Crippen molar-refractivity contribution in [2.45, 2.75) is 45.4 Å². The highest BCUT2D eigenvalue weighted by Crippen LogP contribution is 2.36. The van der Waals surface area contributed by atoms with Crippen molar-refractivity contribution in [1.29, 1.82) is 0 Å². The van der Waals surface area contributed by atoms with Crippen molar-refractivity contribution in [2.75, 3.05) is 20.3 Å². The van der Waals surface area contributed by atoms with Crippen molar-refractivity contribution in [3.63, 3.8) is 0 Å². The predicted octanol–water partition coefficient (Wildman–Crippen LogP) is -0.134. The lowest BCUT2D eigenvalue weighted by atomic mass is 9.80. The minimum Gasteiger partial charge on any atom is -0.481 e. The van der Waals surface area contributed by atoms with Gasteiger partial charge in [0.05, 0.1) is 36.9 Å². The van der Waals surface area contributed by atoms with Gasteiger partial charge in [-0.1, -0.05) is 0 Å². The normalized spacial score (nSPS) is 19.5. The summed E-state index contributed by atoms with van der Waals surface area (Å²) in [6.07, 6.45) is 1.67. The SMILES string of the molecule is COc1nc(CNCCO)ncc1B1OC(C)(C)C(C)(C)O1. The van der Waals surface area contributed by atoms with Crippen LogP contribution in [0.25, 0.3) is 0 Å². The van der Waals surface area contributed by atoms with Gasteiger partial charge < -0.3 is 24.5 Å². The van der Waals surface area contributed by atoms with Crippen LogP contribution in [0.3, 0.4) is 0 Å². The van der Waals surface area contributed by atoms with Crippen molar-refractivity contribution in [2.24, 2.45) is 0 Å². The molecule has 1 aromatic rings. The highest BCUT2D eigenvalue weighted by atomic mass is 16.7. The maximum atomic E-state index is 8.77. The van der Waals surface area contributed by atoms with Crippen molar-refractivity contribution in [1.82, 2.24) is 15.3 Å². The number of nitrogens with one attached hydrogen (secondary N) is 1. The Kier molecular flexibility index (Phi) is 5.06. The van der Waals surface area contributed by atoms with Crippen LogP contribution >= 0.6 is 0 Å². The second kappa shape index (κ2) is 6.50. The van der Waals surface area contributed by atoms with E-state index >= 15 is 0 Å². The number of nitrogens with zero attached hydrogens (tertiary/aromatic N) is 2. The lowest BCUT2D eigenvalue weighted by molar-refractivity contribution is 0.00578. The predicted molar refractivity (Wildman–Crippen MR) is 83.1 cm³/mol. The topological polar surface area (TPSA) is 85.7 Å². The molecule has 1 aliphatic rings. The van der Waals surface area contributed by atoms with Gasteiger partial charge in [-0.3, -0.25) is 0 Å². The molecule has 2 N–H and O–H groups in total. The fourth-order valence-corrected chi connectivity index (χ4v) is 2.07. The monoisotopic (exact) mass is 309 g/mol. The molecule has 1 saturated heterocycles. The molecule has 1 aromatic heterocycles. The highest BCUT2D eigenvalue weighted by molar-refractivity contribution is 6.62. The second-order valence-corrected chi connectivity index (χ2v) is 6.24. The van der Waals surface area contributed by atoms with E-state index in [1.165, 1.54) is 0 Å². The first-order valence-corrected chi connectivity index (χ1v) is 7.38. The molecule has 2 rings (SSSR count). The van der Waals surface area contributed by atoms with Gasteiger partial charge in [-0.05, 0) is 27.7 Å². The van der Waals surface area contributed by atoms with Gasteiger partial charge >= 0.3 is 7.12 Å². The summed E-state index contributed by atoms with van der Waals surface area (Å²) < 4.78 is 17.4. The highest BCUT2D eigenvalue weighted by Gasteiger charge is 2.52. The van der Waals surface area contributed by atoms with Crippen LogP contribution < -0.4 is 15.5 Å². The van der Waals surface area contributed by atoms with Crippen LogP contribution in [0.15, 0.2) is 6.20 Å². The number of aromatic nitrogens is 2. The Morgan fingerprint density at radius 1 is 1.27 bits per heavy atom. The molecule has 0 atom stereocenters. The van der Waals surface area contributed by atoms with Crippen LogP contribution in [0.5, 0.6) is 5.88 Å². The summed E-state index contributed by atoms with van der Waals surface area (Å²) in [4.78, 5) is 8.67. The van der Waals surface area contributed by atoms with E-state index in [0.29, 0.717) is 30.3 Å². The van der Waals surface area contributed by atoms with Crippen LogP contribution in [0.2, 0.25) is 0 Å². The van der Waals surface area contributed by atoms with E-state index in [0.717, 1.165) is 0 Å². The Morgan fingerprint density at radius 2 is 1.91 bits per heavy atom. The van der Waals surface area contributed by atoms with E-state index in [-0.39, 0.29) is 6.61 Å². The number of ether oxygens (including phenoxy) is 1. The molecular weight excluding hydrogens is 285 g/mol. The third kappa shape index (κ3) is 3.40. The zero-order valence-electron chi connectivity index (χ0n) is 13.8. The van der Waals surface area contributed by atoms with E-state index in [4.69, 9.17) is 19.2 Å². The molecule has 0 radical (unpaired) electrons. The fraction of sp³-hybridized carbons (Fsp3) is 0.714. The largest absolute Gasteiger partial charge is 0.502 e. The molecule has 0 spiro atoms. The number of methoxy groups -OCH3 is 1. The Bertz CT molecular complexity index is 509. The molecular formula is C14H24BN3O4. The average molecular weight is 309 g/mol. The van der Waals surface area contributed by atoms with Crippen molar-refractivity contribution < 1.29 is 19.2 Å². The number of rotatable bonds is 6. The average Bonchev–Trinajstić information content (AvgIpc) is 2.67. The van der Waals surface area contributed by atoms with E-state index in [1.807, 2.05) is 27.7 Å². The lowest BCUT2D eigenvalue weighted by Crippen LogP contribution is -2.41. The van der Waals surface area contributed by atoms with Crippen LogP contribution in [0, 0.1) is 0 Å².